The van der Waals surface area contributed by atoms with Gasteiger partial charge in [0.1, 0.15) is 0 Å². The second-order valence-electron chi connectivity index (χ2n) is 34.2. The summed E-state index contributed by atoms with van der Waals surface area (Å²) in [6.45, 7) is 0.104. The molecule has 10 aliphatic rings. The minimum atomic E-state index is -0.0229. The van der Waals surface area contributed by atoms with Crippen molar-refractivity contribution < 1.29 is 0 Å². The molecule has 28 rings (SSSR count). The van der Waals surface area contributed by atoms with Crippen molar-refractivity contribution in [1.29, 1.82) is 0 Å². The SMILES string of the molecule is c1ccc(-c2ccc3c(c2)N(c2ccccc2)c2cc(-c4cccc5c4C4c6ccccc6C6c7ccccc7C564)cc4c2B3c2ccc(-c3ccccc3)cc2N4c2ccccc2)cc1.c1ccc(N2c3ccccc3B3c4ccccc4N(c4ccccc4)c4cc(-c5cccc6c5C5c7ccccc7C7c8ccccc8C675)cc2c43)cc1. The highest BCUT2D eigenvalue weighted by Gasteiger charge is 2.71. The maximum Gasteiger partial charge on any atom is 0.252 e. The molecule has 556 valence electrons. The Morgan fingerprint density at radius 2 is 0.458 bits per heavy atom. The van der Waals surface area contributed by atoms with Crippen LogP contribution in [0.3, 0.4) is 0 Å². The van der Waals surface area contributed by atoms with E-state index in [2.05, 4.69) is 444 Å². The molecular weight excluding hydrogens is 1450 g/mol. The molecule has 0 amide bonds. The summed E-state index contributed by atoms with van der Waals surface area (Å²) in [7, 11) is 0. The van der Waals surface area contributed by atoms with Gasteiger partial charge in [-0.3, -0.25) is 0 Å². The molecule has 6 heteroatoms. The van der Waals surface area contributed by atoms with Gasteiger partial charge in [-0.2, -0.15) is 0 Å². The minimum absolute atomic E-state index is 0.000420. The van der Waals surface area contributed by atoms with Crippen LogP contribution in [0.2, 0.25) is 0 Å². The number of hydrogen-bond donors (Lipinski definition) is 0. The quantitative estimate of drug-likeness (QED) is 0.141. The van der Waals surface area contributed by atoms with Gasteiger partial charge in [0.05, 0.1) is 0 Å². The first kappa shape index (κ1) is 66.4. The molecule has 4 nitrogen and oxygen atoms in total. The number of hydrogen-bond acceptors (Lipinski definition) is 4. The zero-order valence-corrected chi connectivity index (χ0v) is 65.7. The second-order valence-corrected chi connectivity index (χ2v) is 34.2. The van der Waals surface area contributed by atoms with E-state index in [-0.39, 0.29) is 24.3 Å². The van der Waals surface area contributed by atoms with E-state index in [1.807, 2.05) is 0 Å². The molecule has 0 bridgehead atoms. The van der Waals surface area contributed by atoms with Crippen LogP contribution in [0.25, 0.3) is 44.5 Å². The minimum Gasteiger partial charge on any atom is -0.311 e. The van der Waals surface area contributed by atoms with Gasteiger partial charge in [0.25, 0.3) is 13.4 Å². The molecule has 0 fully saturated rings. The van der Waals surface area contributed by atoms with Crippen LogP contribution in [0.1, 0.15) is 90.4 Å². The molecule has 6 atom stereocenters. The first-order valence-corrected chi connectivity index (χ1v) is 42.6. The average Bonchev–Trinajstić information content (AvgIpc) is 1.42. The van der Waals surface area contributed by atoms with Gasteiger partial charge in [-0.25, -0.2) is 0 Å². The summed E-state index contributed by atoms with van der Waals surface area (Å²) in [6.07, 6.45) is 0. The molecule has 0 saturated heterocycles. The van der Waals surface area contributed by atoms with Gasteiger partial charge in [-0.15, -0.1) is 0 Å². The van der Waals surface area contributed by atoms with E-state index in [4.69, 9.17) is 0 Å². The highest BCUT2D eigenvalue weighted by molar-refractivity contribution is 7.01. The smallest absolute Gasteiger partial charge is 0.252 e. The molecule has 4 aliphatic heterocycles. The van der Waals surface area contributed by atoms with E-state index in [9.17, 15) is 0 Å². The summed E-state index contributed by atoms with van der Waals surface area (Å²) in [5.41, 5.74) is 50.5. The van der Waals surface area contributed by atoms with Crippen LogP contribution >= 0.6 is 0 Å². The molecule has 6 unspecified atom stereocenters. The Morgan fingerprint density at radius 3 is 0.825 bits per heavy atom. The fraction of sp³-hybridized carbons (Fsp3) is 0.0526. The van der Waals surface area contributed by atoms with Crippen molar-refractivity contribution in [3.8, 4) is 44.5 Å². The first-order chi connectivity index (χ1) is 59.6. The standard InChI is InChI=1S/C63H41BN2.C51H33BN2/c1-5-18-40(19-6-1)42-32-34-53-55(36-42)65(45-22-9-3-10-23-45)57-38-44(47-29-17-31-52-59(47)61-49-27-14-13-26-48(49)60-50-28-15-16-30-51(50)63(52,60)61)39-58-62(57)64(53)54-35-33-43(41-20-7-2-8-21-41)37-56(54)66(58)46-24-11-4-12-25-46;1-3-16-33(17-4-1)53-43-28-13-11-26-41(43)52-42-27-12-14-29-44(42)54(34-18-5-2-6-19-34)46-31-32(30-45(53)50(46)52)35-23-15-25-40-47(35)49-37-21-8-7-20-36(37)48-38-22-9-10-24-39(38)51(40,48)49/h1-39,60-61H;1-31,48-49H. The van der Waals surface area contributed by atoms with Gasteiger partial charge in [0.2, 0.25) is 0 Å². The molecule has 120 heavy (non-hydrogen) atoms. The molecule has 4 heterocycles. The normalized spacial score (nSPS) is 19.0. The molecule has 2 spiro atoms. The van der Waals surface area contributed by atoms with Crippen molar-refractivity contribution in [2.75, 3.05) is 19.6 Å². The van der Waals surface area contributed by atoms with Gasteiger partial charge >= 0.3 is 0 Å². The highest BCUT2D eigenvalue weighted by atomic mass is 15.2. The fourth-order valence-corrected chi connectivity index (χ4v) is 24.7. The second kappa shape index (κ2) is 24.9. The Morgan fingerprint density at radius 1 is 0.183 bits per heavy atom. The van der Waals surface area contributed by atoms with Gasteiger partial charge < -0.3 is 19.6 Å². The number of rotatable bonds is 8. The lowest BCUT2D eigenvalue weighted by atomic mass is 9.33. The lowest BCUT2D eigenvalue weighted by Gasteiger charge is -2.59. The van der Waals surface area contributed by atoms with Crippen molar-refractivity contribution in [2.45, 2.75) is 34.5 Å². The third kappa shape index (κ3) is 8.66. The van der Waals surface area contributed by atoms with Crippen LogP contribution in [-0.2, 0) is 10.8 Å². The van der Waals surface area contributed by atoms with Crippen LogP contribution in [0, 0.1) is 0 Å². The van der Waals surface area contributed by atoms with Gasteiger partial charge in [0.15, 0.2) is 0 Å². The molecule has 0 radical (unpaired) electrons. The number of nitrogens with zero attached hydrogens (tertiary/aromatic N) is 4. The number of para-hydroxylation sites is 6. The Kier molecular flexibility index (Phi) is 13.8. The predicted molar refractivity (Wildman–Crippen MR) is 497 cm³/mol. The Hall–Kier alpha value is -14.7. The zero-order chi connectivity index (χ0) is 78.2. The Bertz CT molecular complexity index is 7100. The van der Waals surface area contributed by atoms with E-state index in [1.165, 1.54) is 201 Å². The van der Waals surface area contributed by atoms with Crippen LogP contribution in [-0.4, -0.2) is 13.4 Å². The summed E-state index contributed by atoms with van der Waals surface area (Å²) in [6, 6.07) is 160. The monoisotopic (exact) mass is 1520 g/mol. The van der Waals surface area contributed by atoms with Crippen LogP contribution in [0.4, 0.5) is 68.2 Å². The van der Waals surface area contributed by atoms with Crippen molar-refractivity contribution >= 4 is 114 Å². The first-order valence-electron chi connectivity index (χ1n) is 42.6. The van der Waals surface area contributed by atoms with Crippen molar-refractivity contribution in [1.82, 2.24) is 0 Å². The predicted octanol–water partition coefficient (Wildman–Crippen LogP) is 24.0. The topological polar surface area (TPSA) is 13.0 Å². The van der Waals surface area contributed by atoms with Crippen LogP contribution < -0.4 is 52.4 Å². The lowest BCUT2D eigenvalue weighted by Crippen LogP contribution is -2.61. The molecule has 6 aliphatic carbocycles. The highest BCUT2D eigenvalue weighted by Crippen LogP contribution is 2.80. The summed E-state index contributed by atoms with van der Waals surface area (Å²) >= 11 is 0. The van der Waals surface area contributed by atoms with E-state index in [1.54, 1.807) is 0 Å². The van der Waals surface area contributed by atoms with Crippen LogP contribution in [0.15, 0.2) is 425 Å². The largest absolute Gasteiger partial charge is 0.311 e. The number of benzene rings is 18. The summed E-state index contributed by atoms with van der Waals surface area (Å²) in [5.74, 6) is 1.42. The summed E-state index contributed by atoms with van der Waals surface area (Å²) in [4.78, 5) is 10.2. The van der Waals surface area contributed by atoms with Crippen LogP contribution in [0.5, 0.6) is 0 Å². The zero-order valence-electron chi connectivity index (χ0n) is 65.7. The van der Waals surface area contributed by atoms with Gasteiger partial charge in [0, 0.05) is 103 Å². The van der Waals surface area contributed by atoms with E-state index >= 15 is 0 Å². The van der Waals surface area contributed by atoms with E-state index < -0.39 is 0 Å². The third-order valence-electron chi connectivity index (χ3n) is 29.0. The molecular formula is C114H74B2N4. The van der Waals surface area contributed by atoms with Crippen molar-refractivity contribution in [3.63, 3.8) is 0 Å². The van der Waals surface area contributed by atoms with Crippen molar-refractivity contribution in [3.05, 3.63) is 491 Å². The van der Waals surface area contributed by atoms with Crippen molar-refractivity contribution in [2.24, 2.45) is 0 Å². The molecule has 0 N–H and O–H groups in total. The number of fused-ring (bicyclic) bond motifs is 22. The average molecular weight is 1520 g/mol. The number of anilines is 12. The van der Waals surface area contributed by atoms with E-state index in [0.29, 0.717) is 23.7 Å². The summed E-state index contributed by atoms with van der Waals surface area (Å²) in [5, 5.41) is 0. The molecule has 18 aromatic rings. The van der Waals surface area contributed by atoms with Gasteiger partial charge in [-0.1, -0.05) is 328 Å². The fourth-order valence-electron chi connectivity index (χ4n) is 24.7. The molecule has 18 aromatic carbocycles. The maximum absolute atomic E-state index is 2.56. The molecule has 0 aromatic heterocycles. The Balaban J connectivity index is 0.000000129. The van der Waals surface area contributed by atoms with Gasteiger partial charge in [-0.05, 0) is 241 Å². The maximum atomic E-state index is 2.56. The summed E-state index contributed by atoms with van der Waals surface area (Å²) < 4.78 is 0. The molecule has 0 saturated carbocycles. The third-order valence-corrected chi connectivity index (χ3v) is 29.0. The lowest BCUT2D eigenvalue weighted by molar-refractivity contribution is 0.333. The Labute approximate surface area is 699 Å². The van der Waals surface area contributed by atoms with E-state index in [0.717, 1.165) is 11.4 Å².